The van der Waals surface area contributed by atoms with E-state index in [1.807, 2.05) is 0 Å². The van der Waals surface area contributed by atoms with Gasteiger partial charge in [0.05, 0.1) is 25.5 Å². The first-order valence-electron chi connectivity index (χ1n) is 3.76. The predicted octanol–water partition coefficient (Wildman–Crippen LogP) is 4.84. The van der Waals surface area contributed by atoms with Crippen molar-refractivity contribution in [2.45, 2.75) is 25.2 Å². The van der Waals surface area contributed by atoms with E-state index in [9.17, 15) is 35.1 Å². The molecule has 0 amide bonds. The first-order valence-corrected chi connectivity index (χ1v) is 3.76. The molecule has 0 atom stereocenters. The summed E-state index contributed by atoms with van der Waals surface area (Å²) in [6.45, 7) is 0. The molecule has 0 bridgehead atoms. The lowest BCUT2D eigenvalue weighted by Gasteiger charge is -1.98. The van der Waals surface area contributed by atoms with E-state index in [1.54, 1.807) is 0 Å². The molecule has 0 N–H and O–H groups in total. The Balaban J connectivity index is 0. The fourth-order valence-corrected chi connectivity index (χ4v) is 0.356. The fraction of sp³-hybridized carbons (Fsp3) is 0.500. The lowest BCUT2D eigenvalue weighted by atomic mass is 10.4. The maximum atomic E-state index is 11.0. The van der Waals surface area contributed by atoms with E-state index in [4.69, 9.17) is 0 Å². The molecular formula is C8H8F8. The topological polar surface area (TPSA) is 0 Å². The van der Waals surface area contributed by atoms with E-state index in [1.165, 1.54) is 0 Å². The lowest BCUT2D eigenvalue weighted by molar-refractivity contribution is -0.126. The fourth-order valence-electron chi connectivity index (χ4n) is 0.356. The van der Waals surface area contributed by atoms with E-state index in [-0.39, 0.29) is 12.7 Å². The second kappa shape index (κ2) is 8.12. The van der Waals surface area contributed by atoms with Crippen molar-refractivity contribution < 1.29 is 35.1 Å². The van der Waals surface area contributed by atoms with E-state index < -0.39 is 25.2 Å². The minimum Gasteiger partial charge on any atom is -0.216 e. The zero-order valence-electron chi connectivity index (χ0n) is 7.75. The van der Waals surface area contributed by atoms with Crippen molar-refractivity contribution in [3.05, 3.63) is 24.8 Å². The van der Waals surface area contributed by atoms with Crippen LogP contribution in [0.4, 0.5) is 35.1 Å². The van der Waals surface area contributed by atoms with E-state index in [0.29, 0.717) is 12.2 Å². The van der Waals surface area contributed by atoms with Gasteiger partial charge in [-0.15, -0.1) is 0 Å². The molecule has 0 rings (SSSR count). The summed E-state index contributed by atoms with van der Waals surface area (Å²) in [6, 6.07) is 0. The van der Waals surface area contributed by atoms with Crippen molar-refractivity contribution in [1.82, 2.24) is 0 Å². The summed E-state index contributed by atoms with van der Waals surface area (Å²) < 4.78 is 87.8. The van der Waals surface area contributed by atoms with Crippen LogP contribution < -0.4 is 0 Å². The molecule has 0 fully saturated rings. The Morgan fingerprint density at radius 1 is 0.625 bits per heavy atom. The second-order valence-electron chi connectivity index (χ2n) is 2.36. The molecule has 8 heteroatoms. The number of hydrogen-bond donors (Lipinski definition) is 0. The van der Waals surface area contributed by atoms with Crippen molar-refractivity contribution in [3.8, 4) is 0 Å². The van der Waals surface area contributed by atoms with Crippen LogP contribution in [-0.2, 0) is 0 Å². The van der Waals surface area contributed by atoms with Crippen LogP contribution >= 0.6 is 0 Å². The van der Waals surface area contributed by atoms with Crippen LogP contribution in [0.15, 0.2) is 24.8 Å². The Morgan fingerprint density at radius 3 is 0.938 bits per heavy atom. The molecule has 0 aliphatic carbocycles. The van der Waals surface area contributed by atoms with Gasteiger partial charge in [-0.1, -0.05) is 0 Å². The summed E-state index contributed by atoms with van der Waals surface area (Å²) in [7, 11) is 0. The Bertz CT molecular complexity index is 185. The molecule has 0 nitrogen and oxygen atoms in total. The van der Waals surface area contributed by atoms with Gasteiger partial charge >= 0.3 is 12.4 Å². The third-order valence-corrected chi connectivity index (χ3v) is 0.877. The van der Waals surface area contributed by atoms with Gasteiger partial charge in [0, 0.05) is 0 Å². The van der Waals surface area contributed by atoms with Crippen LogP contribution in [0.25, 0.3) is 0 Å². The summed E-state index contributed by atoms with van der Waals surface area (Å²) >= 11 is 0. The van der Waals surface area contributed by atoms with Crippen LogP contribution in [-0.4, -0.2) is 12.4 Å². The Morgan fingerprint density at radius 2 is 0.875 bits per heavy atom. The Kier molecular flexibility index (Phi) is 8.79. The summed E-state index contributed by atoms with van der Waals surface area (Å²) in [5, 5.41) is 0. The highest BCUT2D eigenvalue weighted by Crippen LogP contribution is 2.19. The number of rotatable bonds is 2. The van der Waals surface area contributed by atoms with Gasteiger partial charge in [-0.3, -0.25) is 0 Å². The first kappa shape index (κ1) is 17.3. The monoisotopic (exact) mass is 256 g/mol. The molecule has 0 heterocycles. The van der Waals surface area contributed by atoms with Gasteiger partial charge in [-0.2, -0.15) is 26.3 Å². The van der Waals surface area contributed by atoms with Gasteiger partial charge in [-0.05, 0) is 12.2 Å². The SMILES string of the molecule is FC=CCC(F)(F)F.FC=CCC(F)(F)F. The summed E-state index contributed by atoms with van der Waals surface area (Å²) in [6.07, 6.45) is -10.3. The van der Waals surface area contributed by atoms with Crippen LogP contribution in [0.5, 0.6) is 0 Å². The van der Waals surface area contributed by atoms with Crippen molar-refractivity contribution >= 4 is 0 Å². The van der Waals surface area contributed by atoms with Crippen molar-refractivity contribution in [2.75, 3.05) is 0 Å². The van der Waals surface area contributed by atoms with Crippen molar-refractivity contribution in [3.63, 3.8) is 0 Å². The van der Waals surface area contributed by atoms with E-state index >= 15 is 0 Å². The summed E-state index contributed by atoms with van der Waals surface area (Å²) in [4.78, 5) is 0. The van der Waals surface area contributed by atoms with Gasteiger partial charge in [-0.25, -0.2) is 8.78 Å². The van der Waals surface area contributed by atoms with Gasteiger partial charge in [0.15, 0.2) is 0 Å². The highest BCUT2D eigenvalue weighted by atomic mass is 19.4. The molecule has 0 saturated heterocycles. The molecular weight excluding hydrogens is 248 g/mol. The smallest absolute Gasteiger partial charge is 0.216 e. The second-order valence-corrected chi connectivity index (χ2v) is 2.36. The lowest BCUT2D eigenvalue weighted by Crippen LogP contribution is -2.03. The maximum absolute atomic E-state index is 11.0. The normalized spacial score (nSPS) is 13.0. The molecule has 0 radical (unpaired) electrons. The molecule has 0 aliphatic rings. The molecule has 16 heavy (non-hydrogen) atoms. The minimum absolute atomic E-state index is 0.118. The van der Waals surface area contributed by atoms with Gasteiger partial charge in [0.1, 0.15) is 0 Å². The summed E-state index contributed by atoms with van der Waals surface area (Å²) in [5.74, 6) is 0. The third kappa shape index (κ3) is 23.1. The largest absolute Gasteiger partial charge is 0.392 e. The zero-order chi connectivity index (χ0) is 13.2. The molecule has 96 valence electrons. The van der Waals surface area contributed by atoms with Crippen LogP contribution in [0, 0.1) is 0 Å². The van der Waals surface area contributed by atoms with Crippen molar-refractivity contribution in [2.24, 2.45) is 0 Å². The standard InChI is InChI=1S/2C4H4F4/c2*5-3-1-2-4(6,7)8/h2*1,3H,2H2. The number of alkyl halides is 6. The minimum atomic E-state index is -4.28. The maximum Gasteiger partial charge on any atom is 0.392 e. The molecule has 0 spiro atoms. The molecule has 0 aromatic carbocycles. The molecule has 0 saturated carbocycles. The number of hydrogen-bond acceptors (Lipinski definition) is 0. The van der Waals surface area contributed by atoms with E-state index in [2.05, 4.69) is 0 Å². The summed E-state index contributed by atoms with van der Waals surface area (Å²) in [5.41, 5.74) is 0. The van der Waals surface area contributed by atoms with E-state index in [0.717, 1.165) is 0 Å². The number of halogens is 8. The zero-order valence-corrected chi connectivity index (χ0v) is 7.75. The van der Waals surface area contributed by atoms with Gasteiger partial charge in [0.25, 0.3) is 0 Å². The van der Waals surface area contributed by atoms with Crippen LogP contribution in [0.2, 0.25) is 0 Å². The highest BCUT2D eigenvalue weighted by molar-refractivity contribution is 4.75. The van der Waals surface area contributed by atoms with Crippen LogP contribution in [0.1, 0.15) is 12.8 Å². The average molecular weight is 256 g/mol. The predicted molar refractivity (Wildman–Crippen MR) is 41.8 cm³/mol. The first-order chi connectivity index (χ1) is 7.12. The third-order valence-electron chi connectivity index (χ3n) is 0.877. The Labute approximate surface area is 86.2 Å². The van der Waals surface area contributed by atoms with Gasteiger partial charge < -0.3 is 0 Å². The van der Waals surface area contributed by atoms with Gasteiger partial charge in [0.2, 0.25) is 0 Å². The quantitative estimate of drug-likeness (QED) is 0.620. The molecule has 0 aromatic heterocycles. The molecule has 0 unspecified atom stereocenters. The number of allylic oxidation sites excluding steroid dienone is 2. The molecule has 0 aromatic rings. The molecule has 0 aliphatic heterocycles. The Hall–Kier alpha value is -1.08. The highest BCUT2D eigenvalue weighted by Gasteiger charge is 2.24. The van der Waals surface area contributed by atoms with Crippen molar-refractivity contribution in [1.29, 1.82) is 0 Å². The average Bonchev–Trinajstić information content (AvgIpc) is 2.10. The van der Waals surface area contributed by atoms with Crippen LogP contribution in [0.3, 0.4) is 0 Å².